The molecule has 2 rings (SSSR count). The first-order chi connectivity index (χ1) is 6.68. The summed E-state index contributed by atoms with van der Waals surface area (Å²) in [7, 11) is 0. The molecule has 0 aliphatic carbocycles. The van der Waals surface area contributed by atoms with Gasteiger partial charge in [0.1, 0.15) is 0 Å². The maximum absolute atomic E-state index is 5.28. The van der Waals surface area contributed by atoms with Gasteiger partial charge in [-0.05, 0) is 19.9 Å². The second-order valence-electron chi connectivity index (χ2n) is 4.06. The van der Waals surface area contributed by atoms with Gasteiger partial charge in [-0.2, -0.15) is 0 Å². The van der Waals surface area contributed by atoms with E-state index in [0.29, 0.717) is 18.3 Å². The summed E-state index contributed by atoms with van der Waals surface area (Å²) in [6.45, 7) is 6.73. The second kappa shape index (κ2) is 3.67. The van der Waals surface area contributed by atoms with Gasteiger partial charge in [0, 0.05) is 19.0 Å². The van der Waals surface area contributed by atoms with Gasteiger partial charge < -0.3 is 15.1 Å². The first-order valence-electron chi connectivity index (χ1n) is 4.93. The largest absolute Gasteiger partial charge is 0.424 e. The van der Waals surface area contributed by atoms with Crippen LogP contribution in [0, 0.1) is 6.92 Å². The third-order valence-corrected chi connectivity index (χ3v) is 2.60. The maximum Gasteiger partial charge on any atom is 0.230 e. The molecule has 1 aromatic rings. The highest BCUT2D eigenvalue weighted by molar-refractivity contribution is 4.93. The Morgan fingerprint density at radius 2 is 2.43 bits per heavy atom. The lowest BCUT2D eigenvalue weighted by Crippen LogP contribution is -2.43. The van der Waals surface area contributed by atoms with Gasteiger partial charge in [0.25, 0.3) is 0 Å². The number of nitrogens with zero attached hydrogens (tertiary/aromatic N) is 2. The van der Waals surface area contributed by atoms with Crippen LogP contribution in [0.1, 0.15) is 25.1 Å². The maximum atomic E-state index is 5.28. The minimum absolute atomic E-state index is 0.169. The Kier molecular flexibility index (Phi) is 2.52. The Hall–Kier alpha value is -0.940. The van der Waals surface area contributed by atoms with Gasteiger partial charge in [-0.15, -0.1) is 10.2 Å². The van der Waals surface area contributed by atoms with Crippen molar-refractivity contribution in [3.8, 4) is 0 Å². The summed E-state index contributed by atoms with van der Waals surface area (Å²) in [5, 5.41) is 14.5. The summed E-state index contributed by atoms with van der Waals surface area (Å²) in [5.41, 5.74) is 0.169. The fourth-order valence-corrected chi connectivity index (χ4v) is 1.67. The molecule has 5 heteroatoms. The molecule has 0 spiro atoms. The molecule has 1 unspecified atom stereocenters. The van der Waals surface area contributed by atoms with Gasteiger partial charge in [0.05, 0.1) is 6.54 Å². The normalized spacial score (nSPS) is 27.0. The van der Waals surface area contributed by atoms with Gasteiger partial charge in [-0.1, -0.05) is 0 Å². The molecular weight excluding hydrogens is 180 g/mol. The van der Waals surface area contributed by atoms with Crippen LogP contribution in [0.25, 0.3) is 0 Å². The molecule has 1 atom stereocenters. The van der Waals surface area contributed by atoms with Crippen molar-refractivity contribution in [2.24, 2.45) is 0 Å². The Labute approximate surface area is 83.3 Å². The third-order valence-electron chi connectivity index (χ3n) is 2.60. The summed E-state index contributed by atoms with van der Waals surface area (Å²) in [6, 6.07) is 0. The van der Waals surface area contributed by atoms with Crippen molar-refractivity contribution in [3.63, 3.8) is 0 Å². The minimum atomic E-state index is 0.169. The van der Waals surface area contributed by atoms with Gasteiger partial charge in [-0.25, -0.2) is 0 Å². The van der Waals surface area contributed by atoms with E-state index in [4.69, 9.17) is 4.42 Å². The molecule has 0 aromatic carbocycles. The van der Waals surface area contributed by atoms with E-state index < -0.39 is 0 Å². The molecule has 1 aliphatic rings. The van der Waals surface area contributed by atoms with Crippen LogP contribution in [0.4, 0.5) is 0 Å². The van der Waals surface area contributed by atoms with Crippen LogP contribution >= 0.6 is 0 Å². The highest BCUT2D eigenvalue weighted by Crippen LogP contribution is 2.13. The zero-order chi connectivity index (χ0) is 10.0. The van der Waals surface area contributed by atoms with E-state index in [1.807, 2.05) is 0 Å². The van der Waals surface area contributed by atoms with E-state index in [1.54, 1.807) is 6.92 Å². The average Bonchev–Trinajstić information content (AvgIpc) is 2.73. The van der Waals surface area contributed by atoms with Crippen LogP contribution in [0.2, 0.25) is 0 Å². The van der Waals surface area contributed by atoms with E-state index in [9.17, 15) is 0 Å². The van der Waals surface area contributed by atoms with Crippen molar-refractivity contribution in [2.45, 2.75) is 32.4 Å². The molecule has 1 aromatic heterocycles. The standard InChI is InChI=1S/C9H16N4O/c1-7-12-13-8(14-7)5-11-9(2)3-4-10-6-9/h10-11H,3-6H2,1-2H3. The number of nitrogens with one attached hydrogen (secondary N) is 2. The number of hydrogen-bond acceptors (Lipinski definition) is 5. The highest BCUT2D eigenvalue weighted by atomic mass is 16.4. The lowest BCUT2D eigenvalue weighted by molar-refractivity contribution is 0.351. The SMILES string of the molecule is Cc1nnc(CNC2(C)CCNC2)o1. The molecule has 1 fully saturated rings. The van der Waals surface area contributed by atoms with Crippen molar-refractivity contribution in [2.75, 3.05) is 13.1 Å². The minimum Gasteiger partial charge on any atom is -0.424 e. The molecule has 1 saturated heterocycles. The van der Waals surface area contributed by atoms with E-state index in [0.717, 1.165) is 19.5 Å². The second-order valence-corrected chi connectivity index (χ2v) is 4.06. The summed E-state index contributed by atoms with van der Waals surface area (Å²) in [4.78, 5) is 0. The molecule has 78 valence electrons. The quantitative estimate of drug-likeness (QED) is 0.724. The molecule has 0 radical (unpaired) electrons. The number of aromatic nitrogens is 2. The van der Waals surface area contributed by atoms with Gasteiger partial charge in [-0.3, -0.25) is 0 Å². The fraction of sp³-hybridized carbons (Fsp3) is 0.778. The first-order valence-corrected chi connectivity index (χ1v) is 4.93. The summed E-state index contributed by atoms with van der Waals surface area (Å²) < 4.78 is 5.28. The molecule has 0 saturated carbocycles. The monoisotopic (exact) mass is 196 g/mol. The third kappa shape index (κ3) is 2.10. The number of rotatable bonds is 3. The molecular formula is C9H16N4O. The van der Waals surface area contributed by atoms with Crippen molar-refractivity contribution in [3.05, 3.63) is 11.8 Å². The highest BCUT2D eigenvalue weighted by Gasteiger charge is 2.27. The van der Waals surface area contributed by atoms with E-state index in [-0.39, 0.29) is 5.54 Å². The van der Waals surface area contributed by atoms with E-state index in [1.165, 1.54) is 0 Å². The lowest BCUT2D eigenvalue weighted by Gasteiger charge is -2.23. The van der Waals surface area contributed by atoms with Crippen molar-refractivity contribution in [1.29, 1.82) is 0 Å². The van der Waals surface area contributed by atoms with Crippen LogP contribution in [-0.4, -0.2) is 28.8 Å². The molecule has 0 bridgehead atoms. The Balaban J connectivity index is 1.87. The smallest absolute Gasteiger partial charge is 0.230 e. The molecule has 2 N–H and O–H groups in total. The molecule has 14 heavy (non-hydrogen) atoms. The Morgan fingerprint density at radius 3 is 3.00 bits per heavy atom. The summed E-state index contributed by atoms with van der Waals surface area (Å²) in [6.07, 6.45) is 1.14. The lowest BCUT2D eigenvalue weighted by atomic mass is 10.0. The summed E-state index contributed by atoms with van der Waals surface area (Å²) >= 11 is 0. The number of aryl methyl sites for hydroxylation is 1. The van der Waals surface area contributed by atoms with Crippen LogP contribution in [0.15, 0.2) is 4.42 Å². The van der Waals surface area contributed by atoms with Crippen molar-refractivity contribution in [1.82, 2.24) is 20.8 Å². The van der Waals surface area contributed by atoms with Crippen LogP contribution in [-0.2, 0) is 6.54 Å². The van der Waals surface area contributed by atoms with E-state index >= 15 is 0 Å². The summed E-state index contributed by atoms with van der Waals surface area (Å²) in [5.74, 6) is 1.28. The van der Waals surface area contributed by atoms with Gasteiger partial charge >= 0.3 is 0 Å². The average molecular weight is 196 g/mol. The van der Waals surface area contributed by atoms with Crippen molar-refractivity contribution >= 4 is 0 Å². The Bertz CT molecular complexity index is 304. The van der Waals surface area contributed by atoms with Crippen molar-refractivity contribution < 1.29 is 4.42 Å². The topological polar surface area (TPSA) is 63.0 Å². The van der Waals surface area contributed by atoms with Crippen LogP contribution in [0.3, 0.4) is 0 Å². The van der Waals surface area contributed by atoms with Gasteiger partial charge in [0.2, 0.25) is 11.8 Å². The molecule has 2 heterocycles. The predicted octanol–water partition coefficient (Wildman–Crippen LogP) is 0.220. The molecule has 1 aliphatic heterocycles. The van der Waals surface area contributed by atoms with Gasteiger partial charge in [0.15, 0.2) is 0 Å². The van der Waals surface area contributed by atoms with Crippen LogP contribution in [0.5, 0.6) is 0 Å². The zero-order valence-corrected chi connectivity index (χ0v) is 8.63. The fourth-order valence-electron chi connectivity index (χ4n) is 1.67. The predicted molar refractivity (Wildman–Crippen MR) is 51.8 cm³/mol. The molecule has 0 amide bonds. The first kappa shape index (κ1) is 9.61. The molecule has 5 nitrogen and oxygen atoms in total. The van der Waals surface area contributed by atoms with Crippen LogP contribution < -0.4 is 10.6 Å². The zero-order valence-electron chi connectivity index (χ0n) is 8.63. The Morgan fingerprint density at radius 1 is 1.57 bits per heavy atom. The van der Waals surface area contributed by atoms with E-state index in [2.05, 4.69) is 27.8 Å². The number of hydrogen-bond donors (Lipinski definition) is 2.